The van der Waals surface area contributed by atoms with Gasteiger partial charge in [-0.15, -0.1) is 0 Å². The first-order chi connectivity index (χ1) is 13.1. The van der Waals surface area contributed by atoms with Crippen molar-refractivity contribution in [2.45, 2.75) is 19.0 Å². The molecule has 0 fully saturated rings. The van der Waals surface area contributed by atoms with E-state index in [9.17, 15) is 9.59 Å². The van der Waals surface area contributed by atoms with E-state index >= 15 is 0 Å². The van der Waals surface area contributed by atoms with Crippen molar-refractivity contribution < 1.29 is 9.59 Å². The van der Waals surface area contributed by atoms with E-state index in [0.29, 0.717) is 5.56 Å². The summed E-state index contributed by atoms with van der Waals surface area (Å²) in [6.45, 7) is 1.48. The Bertz CT molecular complexity index is 880. The fourth-order valence-corrected chi connectivity index (χ4v) is 3.07. The number of rotatable bonds is 6. The molecule has 136 valence electrons. The van der Waals surface area contributed by atoms with Crippen molar-refractivity contribution in [2.24, 2.45) is 0 Å². The molecule has 2 atom stereocenters. The number of hydrogen-bond donors (Lipinski definition) is 2. The molecule has 0 aliphatic rings. The van der Waals surface area contributed by atoms with E-state index in [1.807, 2.05) is 78.9 Å². The third kappa shape index (κ3) is 4.82. The molecule has 3 aromatic carbocycles. The van der Waals surface area contributed by atoms with E-state index in [0.717, 1.165) is 11.1 Å². The van der Waals surface area contributed by atoms with Crippen LogP contribution in [-0.4, -0.2) is 11.8 Å². The van der Waals surface area contributed by atoms with Gasteiger partial charge in [-0.2, -0.15) is 0 Å². The van der Waals surface area contributed by atoms with Crippen molar-refractivity contribution in [3.63, 3.8) is 0 Å². The summed E-state index contributed by atoms with van der Waals surface area (Å²) in [5.41, 5.74) is 2.42. The molecule has 0 aliphatic carbocycles. The Morgan fingerprint density at radius 2 is 1.04 bits per heavy atom. The van der Waals surface area contributed by atoms with Crippen LogP contribution in [0.15, 0.2) is 91.0 Å². The number of benzene rings is 3. The minimum absolute atomic E-state index is 0.154. The number of hydrogen-bond acceptors (Lipinski definition) is 2. The highest BCUT2D eigenvalue weighted by atomic mass is 16.2. The second kappa shape index (κ2) is 8.81. The van der Waals surface area contributed by atoms with Gasteiger partial charge in [-0.3, -0.25) is 9.59 Å². The SMILES string of the molecule is CC(=O)N[C@@H](c1ccccc1)[C@@H](NC(=O)c1ccccc1)c1ccccc1. The summed E-state index contributed by atoms with van der Waals surface area (Å²) in [7, 11) is 0. The lowest BCUT2D eigenvalue weighted by Gasteiger charge is -2.29. The van der Waals surface area contributed by atoms with Crippen LogP contribution in [-0.2, 0) is 4.79 Å². The third-order valence-corrected chi connectivity index (χ3v) is 4.33. The highest BCUT2D eigenvalue weighted by Gasteiger charge is 2.27. The molecule has 0 aliphatic heterocycles. The highest BCUT2D eigenvalue weighted by Crippen LogP contribution is 2.29. The lowest BCUT2D eigenvalue weighted by Crippen LogP contribution is -2.40. The molecule has 3 rings (SSSR count). The second-order valence-corrected chi connectivity index (χ2v) is 6.32. The molecule has 0 spiro atoms. The van der Waals surface area contributed by atoms with E-state index in [4.69, 9.17) is 0 Å². The van der Waals surface area contributed by atoms with Gasteiger partial charge in [0.15, 0.2) is 0 Å². The molecule has 27 heavy (non-hydrogen) atoms. The van der Waals surface area contributed by atoms with Crippen molar-refractivity contribution in [3.8, 4) is 0 Å². The van der Waals surface area contributed by atoms with Gasteiger partial charge in [0.1, 0.15) is 0 Å². The van der Waals surface area contributed by atoms with E-state index in [1.54, 1.807) is 12.1 Å². The zero-order valence-corrected chi connectivity index (χ0v) is 15.1. The summed E-state index contributed by atoms with van der Waals surface area (Å²) >= 11 is 0. The average Bonchev–Trinajstić information content (AvgIpc) is 2.72. The maximum atomic E-state index is 12.8. The summed E-state index contributed by atoms with van der Waals surface area (Å²) in [5.74, 6) is -0.338. The van der Waals surface area contributed by atoms with Gasteiger partial charge < -0.3 is 10.6 Å². The molecule has 0 saturated heterocycles. The molecule has 4 heteroatoms. The third-order valence-electron chi connectivity index (χ3n) is 4.33. The van der Waals surface area contributed by atoms with Crippen molar-refractivity contribution in [1.82, 2.24) is 10.6 Å². The molecule has 0 bridgehead atoms. The minimum Gasteiger partial charge on any atom is -0.347 e. The fourth-order valence-electron chi connectivity index (χ4n) is 3.07. The van der Waals surface area contributed by atoms with Crippen LogP contribution in [0.3, 0.4) is 0 Å². The van der Waals surface area contributed by atoms with Crippen molar-refractivity contribution >= 4 is 11.8 Å². The summed E-state index contributed by atoms with van der Waals surface area (Å²) in [6, 6.07) is 27.6. The second-order valence-electron chi connectivity index (χ2n) is 6.32. The van der Waals surface area contributed by atoms with Crippen LogP contribution in [0.2, 0.25) is 0 Å². The predicted octanol–water partition coefficient (Wildman–Crippen LogP) is 4.04. The molecule has 4 nitrogen and oxygen atoms in total. The van der Waals surface area contributed by atoms with Crippen LogP contribution in [0, 0.1) is 0 Å². The van der Waals surface area contributed by atoms with Gasteiger partial charge >= 0.3 is 0 Å². The van der Waals surface area contributed by atoms with Crippen LogP contribution in [0.25, 0.3) is 0 Å². The molecule has 0 radical (unpaired) electrons. The zero-order valence-electron chi connectivity index (χ0n) is 15.1. The van der Waals surface area contributed by atoms with Crippen molar-refractivity contribution in [2.75, 3.05) is 0 Å². The lowest BCUT2D eigenvalue weighted by atomic mass is 9.92. The van der Waals surface area contributed by atoms with Gasteiger partial charge in [0, 0.05) is 12.5 Å². The smallest absolute Gasteiger partial charge is 0.251 e. The molecule has 0 aromatic heterocycles. The topological polar surface area (TPSA) is 58.2 Å². The van der Waals surface area contributed by atoms with E-state index < -0.39 is 12.1 Å². The van der Waals surface area contributed by atoms with E-state index in [1.165, 1.54) is 6.92 Å². The molecular formula is C23H22N2O2. The monoisotopic (exact) mass is 358 g/mol. The Morgan fingerprint density at radius 3 is 1.48 bits per heavy atom. The lowest BCUT2D eigenvalue weighted by molar-refractivity contribution is -0.119. The van der Waals surface area contributed by atoms with Crippen LogP contribution in [0.5, 0.6) is 0 Å². The maximum absolute atomic E-state index is 12.8. The molecule has 0 unspecified atom stereocenters. The standard InChI is InChI=1S/C23H22N2O2/c1-17(26)24-21(18-11-5-2-6-12-18)22(19-13-7-3-8-14-19)25-23(27)20-15-9-4-10-16-20/h2-16,21-22H,1H3,(H,24,26)(H,25,27)/t21-,22-/m0/s1. The van der Waals surface area contributed by atoms with E-state index in [2.05, 4.69) is 10.6 Å². The van der Waals surface area contributed by atoms with Gasteiger partial charge in [0.05, 0.1) is 12.1 Å². The number of nitrogens with one attached hydrogen (secondary N) is 2. The van der Waals surface area contributed by atoms with Crippen LogP contribution in [0.1, 0.15) is 40.5 Å². The van der Waals surface area contributed by atoms with Crippen LogP contribution < -0.4 is 10.6 Å². The molecular weight excluding hydrogens is 336 g/mol. The summed E-state index contributed by atoms with van der Waals surface area (Å²) in [4.78, 5) is 24.7. The Balaban J connectivity index is 1.99. The first-order valence-electron chi connectivity index (χ1n) is 8.88. The first-order valence-corrected chi connectivity index (χ1v) is 8.88. The molecule has 0 heterocycles. The molecule has 2 N–H and O–H groups in total. The molecule has 2 amide bonds. The van der Waals surface area contributed by atoms with E-state index in [-0.39, 0.29) is 11.8 Å². The van der Waals surface area contributed by atoms with Gasteiger partial charge in [0.25, 0.3) is 5.91 Å². The highest BCUT2D eigenvalue weighted by molar-refractivity contribution is 5.94. The number of carbonyl (C=O) groups excluding carboxylic acids is 2. The summed E-state index contributed by atoms with van der Waals surface area (Å²) in [6.07, 6.45) is 0. The summed E-state index contributed by atoms with van der Waals surface area (Å²) < 4.78 is 0. The quantitative estimate of drug-likeness (QED) is 0.699. The number of amides is 2. The Kier molecular flexibility index (Phi) is 6.00. The largest absolute Gasteiger partial charge is 0.347 e. The minimum atomic E-state index is -0.412. The van der Waals surface area contributed by atoms with Crippen molar-refractivity contribution in [1.29, 1.82) is 0 Å². The predicted molar refractivity (Wildman–Crippen MR) is 106 cm³/mol. The van der Waals surface area contributed by atoms with Gasteiger partial charge in [-0.25, -0.2) is 0 Å². The van der Waals surface area contributed by atoms with Gasteiger partial charge in [-0.05, 0) is 23.3 Å². The Labute approximate surface area is 159 Å². The van der Waals surface area contributed by atoms with Gasteiger partial charge in [-0.1, -0.05) is 78.9 Å². The van der Waals surface area contributed by atoms with Crippen molar-refractivity contribution in [3.05, 3.63) is 108 Å². The normalized spacial score (nSPS) is 12.6. The molecule has 3 aromatic rings. The molecule has 0 saturated carbocycles. The Morgan fingerprint density at radius 1 is 0.630 bits per heavy atom. The Hall–Kier alpha value is -3.40. The zero-order chi connectivity index (χ0) is 19.1. The van der Waals surface area contributed by atoms with Crippen LogP contribution in [0.4, 0.5) is 0 Å². The number of carbonyl (C=O) groups is 2. The fraction of sp³-hybridized carbons (Fsp3) is 0.130. The van der Waals surface area contributed by atoms with Crippen LogP contribution >= 0.6 is 0 Å². The first kappa shape index (κ1) is 18.4. The summed E-state index contributed by atoms with van der Waals surface area (Å²) in [5, 5.41) is 6.10. The van der Waals surface area contributed by atoms with Gasteiger partial charge in [0.2, 0.25) is 5.91 Å². The maximum Gasteiger partial charge on any atom is 0.251 e. The average molecular weight is 358 g/mol.